The first-order valence-electron chi connectivity index (χ1n) is 7.48. The van der Waals surface area contributed by atoms with Gasteiger partial charge in [-0.1, -0.05) is 0 Å². The van der Waals surface area contributed by atoms with Crippen LogP contribution < -0.4 is 17.2 Å². The van der Waals surface area contributed by atoms with Crippen LogP contribution in [0.25, 0.3) is 0 Å². The molecule has 2 heterocycles. The Balaban J connectivity index is 0.000000252. The Hall–Kier alpha value is -2.22. The Morgan fingerprint density at radius 3 is 2.56 bits per heavy atom. The van der Waals surface area contributed by atoms with Crippen molar-refractivity contribution in [3.63, 3.8) is 0 Å². The van der Waals surface area contributed by atoms with E-state index in [9.17, 15) is 20.0 Å². The number of aliphatic hydroxyl groups excluding tert-OH is 1. The Morgan fingerprint density at radius 1 is 1.36 bits per heavy atom. The molecule has 0 spiro atoms. The van der Waals surface area contributed by atoms with Crippen LogP contribution in [0.1, 0.15) is 12.8 Å². The SMILES string of the molecule is NC(N)=NCCC[C@H](N)C(=O)O.O=[N+]([O-])O[C@@H]1CO[C@H]2[C@@H]1OC[C@@H]2O. The van der Waals surface area contributed by atoms with Crippen LogP contribution in [0.15, 0.2) is 4.99 Å². The fourth-order valence-electron chi connectivity index (χ4n) is 2.29. The van der Waals surface area contributed by atoms with Crippen LogP contribution in [0, 0.1) is 10.1 Å². The molecule has 0 saturated carbocycles. The lowest BCUT2D eigenvalue weighted by Crippen LogP contribution is -2.33. The Kier molecular flexibility index (Phi) is 8.27. The van der Waals surface area contributed by atoms with Gasteiger partial charge >= 0.3 is 5.97 Å². The number of carboxylic acid groups (broad SMARTS) is 1. The van der Waals surface area contributed by atoms with Crippen molar-refractivity contribution in [2.24, 2.45) is 22.2 Å². The maximum Gasteiger partial charge on any atom is 0.320 e. The highest BCUT2D eigenvalue weighted by Crippen LogP contribution is 2.28. The van der Waals surface area contributed by atoms with E-state index >= 15 is 0 Å². The fourth-order valence-corrected chi connectivity index (χ4v) is 2.29. The zero-order valence-electron chi connectivity index (χ0n) is 13.4. The summed E-state index contributed by atoms with van der Waals surface area (Å²) < 4.78 is 10.2. The van der Waals surface area contributed by atoms with Gasteiger partial charge in [0, 0.05) is 6.54 Å². The van der Waals surface area contributed by atoms with Crippen LogP contribution in [-0.2, 0) is 19.1 Å². The molecule has 0 radical (unpaired) electrons. The van der Waals surface area contributed by atoms with E-state index in [-0.39, 0.29) is 19.2 Å². The van der Waals surface area contributed by atoms with Gasteiger partial charge in [0.2, 0.25) is 0 Å². The fraction of sp³-hybridized carbons (Fsp3) is 0.833. The minimum absolute atomic E-state index is 0.0129. The molecule has 2 saturated heterocycles. The first kappa shape index (κ1) is 20.8. The van der Waals surface area contributed by atoms with Crippen molar-refractivity contribution in [1.82, 2.24) is 0 Å². The number of nitrogens with zero attached hydrogens (tertiary/aromatic N) is 2. The summed E-state index contributed by atoms with van der Waals surface area (Å²) in [5.74, 6) is -0.987. The number of guanidine groups is 1. The summed E-state index contributed by atoms with van der Waals surface area (Å²) in [6.45, 7) is 0.656. The number of carbonyl (C=O) groups is 1. The molecule has 2 fully saturated rings. The van der Waals surface area contributed by atoms with Crippen LogP contribution in [0.4, 0.5) is 0 Å². The van der Waals surface area contributed by atoms with Crippen molar-refractivity contribution < 1.29 is 34.4 Å². The third-order valence-corrected chi connectivity index (χ3v) is 3.49. The van der Waals surface area contributed by atoms with Gasteiger partial charge in [-0.05, 0) is 12.8 Å². The molecule has 2 rings (SSSR count). The van der Waals surface area contributed by atoms with Gasteiger partial charge in [0.25, 0.3) is 5.09 Å². The molecule has 144 valence electrons. The zero-order valence-corrected chi connectivity index (χ0v) is 13.4. The maximum absolute atomic E-state index is 10.2. The highest BCUT2D eigenvalue weighted by atomic mass is 17.0. The number of hydrogen-bond acceptors (Lipinski definition) is 9. The van der Waals surface area contributed by atoms with Gasteiger partial charge in [-0.3, -0.25) is 9.79 Å². The second-order valence-corrected chi connectivity index (χ2v) is 5.42. The molecule has 5 atom stereocenters. The average Bonchev–Trinajstić information content (AvgIpc) is 3.07. The van der Waals surface area contributed by atoms with Crippen molar-refractivity contribution in [1.29, 1.82) is 0 Å². The first-order valence-corrected chi connectivity index (χ1v) is 7.48. The lowest BCUT2D eigenvalue weighted by molar-refractivity contribution is -0.769. The van der Waals surface area contributed by atoms with E-state index in [1.807, 2.05) is 0 Å². The van der Waals surface area contributed by atoms with Gasteiger partial charge in [0.15, 0.2) is 12.1 Å². The van der Waals surface area contributed by atoms with Crippen molar-refractivity contribution in [2.75, 3.05) is 19.8 Å². The van der Waals surface area contributed by atoms with Crippen molar-refractivity contribution in [3.8, 4) is 0 Å². The molecule has 2 aliphatic rings. The number of carboxylic acids is 1. The Morgan fingerprint density at radius 2 is 2.00 bits per heavy atom. The lowest BCUT2D eigenvalue weighted by Gasteiger charge is -2.12. The molecule has 8 N–H and O–H groups in total. The predicted octanol–water partition coefficient (Wildman–Crippen LogP) is -2.83. The van der Waals surface area contributed by atoms with Crippen LogP contribution in [0.2, 0.25) is 0 Å². The van der Waals surface area contributed by atoms with Gasteiger partial charge in [-0.25, -0.2) is 0 Å². The van der Waals surface area contributed by atoms with Gasteiger partial charge in [0.1, 0.15) is 24.4 Å². The third-order valence-electron chi connectivity index (χ3n) is 3.49. The largest absolute Gasteiger partial charge is 0.480 e. The van der Waals surface area contributed by atoms with Crippen LogP contribution in [-0.4, -0.2) is 77.4 Å². The zero-order chi connectivity index (χ0) is 19.0. The summed E-state index contributed by atoms with van der Waals surface area (Å²) in [5, 5.41) is 26.8. The molecule has 0 unspecified atom stereocenters. The van der Waals surface area contributed by atoms with Crippen LogP contribution in [0.3, 0.4) is 0 Å². The van der Waals surface area contributed by atoms with Gasteiger partial charge in [-0.2, -0.15) is 0 Å². The molecule has 13 nitrogen and oxygen atoms in total. The predicted molar refractivity (Wildman–Crippen MR) is 82.9 cm³/mol. The van der Waals surface area contributed by atoms with Gasteiger partial charge in [0.05, 0.1) is 13.2 Å². The van der Waals surface area contributed by atoms with Gasteiger partial charge in [-0.15, -0.1) is 10.1 Å². The number of hydrogen-bond donors (Lipinski definition) is 5. The highest BCUT2D eigenvalue weighted by molar-refractivity contribution is 5.75. The Bertz CT molecular complexity index is 486. The summed E-state index contributed by atoms with van der Waals surface area (Å²) >= 11 is 0. The summed E-state index contributed by atoms with van der Waals surface area (Å²) in [5.41, 5.74) is 15.3. The summed E-state index contributed by atoms with van der Waals surface area (Å²) in [7, 11) is 0. The van der Waals surface area contributed by atoms with Crippen molar-refractivity contribution in [3.05, 3.63) is 10.1 Å². The third kappa shape index (κ3) is 7.04. The molecule has 2 aliphatic heterocycles. The van der Waals surface area contributed by atoms with E-state index < -0.39 is 41.5 Å². The molecule has 13 heteroatoms. The minimum Gasteiger partial charge on any atom is -0.480 e. The molecule has 0 bridgehead atoms. The summed E-state index contributed by atoms with van der Waals surface area (Å²) in [6, 6.07) is -0.820. The van der Waals surface area contributed by atoms with E-state index in [0.29, 0.717) is 19.4 Å². The number of aliphatic hydroxyl groups is 1. The molecule has 0 aliphatic carbocycles. The lowest BCUT2D eigenvalue weighted by atomic mass is 10.1. The molecule has 0 amide bonds. The van der Waals surface area contributed by atoms with E-state index in [1.54, 1.807) is 0 Å². The maximum atomic E-state index is 10.2. The number of aliphatic carboxylic acids is 1. The Labute approximate surface area is 142 Å². The van der Waals surface area contributed by atoms with E-state index in [0.717, 1.165) is 0 Å². The normalized spacial score (nSPS) is 28.2. The topological polar surface area (TPSA) is 219 Å². The standard InChI is InChI=1S/C6H14N4O2.C6H9NO6/c7-4(5(11)12)2-1-3-10-6(8)9;8-3-1-11-6-4(13-7(9)10)2-12-5(3)6/h4H,1-3,7H2,(H,11,12)(H4,8,9,10);3-6,8H,1-2H2/t4-;3-,4+,5+,6+/m00/s1. The van der Waals surface area contributed by atoms with Crippen LogP contribution >= 0.6 is 0 Å². The van der Waals surface area contributed by atoms with E-state index in [2.05, 4.69) is 9.83 Å². The molecule has 0 aromatic rings. The molecule has 0 aromatic carbocycles. The van der Waals surface area contributed by atoms with E-state index in [1.165, 1.54) is 0 Å². The quantitative estimate of drug-likeness (QED) is 0.102. The summed E-state index contributed by atoms with van der Waals surface area (Å²) in [4.78, 5) is 28.3. The number of ether oxygens (including phenoxy) is 2. The number of nitrogens with two attached hydrogens (primary N) is 3. The number of aliphatic imine (C=N–C) groups is 1. The molecule has 25 heavy (non-hydrogen) atoms. The van der Waals surface area contributed by atoms with Crippen molar-refractivity contribution >= 4 is 11.9 Å². The minimum atomic E-state index is -1.00. The second kappa shape index (κ2) is 9.93. The number of rotatable bonds is 7. The van der Waals surface area contributed by atoms with Gasteiger partial charge < -0.3 is 41.7 Å². The molecular weight excluding hydrogens is 342 g/mol. The molecular formula is C12H23N5O8. The monoisotopic (exact) mass is 365 g/mol. The second-order valence-electron chi connectivity index (χ2n) is 5.42. The smallest absolute Gasteiger partial charge is 0.320 e. The highest BCUT2D eigenvalue weighted by Gasteiger charge is 2.48. The number of fused-ring (bicyclic) bond motifs is 1. The molecule has 0 aromatic heterocycles. The summed E-state index contributed by atoms with van der Waals surface area (Å²) in [6.07, 6.45) is -1.45. The van der Waals surface area contributed by atoms with Crippen molar-refractivity contribution in [2.45, 2.75) is 43.3 Å². The average molecular weight is 365 g/mol. The van der Waals surface area contributed by atoms with Crippen LogP contribution in [0.5, 0.6) is 0 Å². The first-order chi connectivity index (χ1) is 11.7. The van der Waals surface area contributed by atoms with E-state index in [4.69, 9.17) is 31.8 Å².